The van der Waals surface area contributed by atoms with Crippen molar-refractivity contribution in [3.05, 3.63) is 61.0 Å². The molecule has 6 nitrogen and oxygen atoms in total. The summed E-state index contributed by atoms with van der Waals surface area (Å²) in [4.78, 5) is 21.9. The first kappa shape index (κ1) is 17.5. The predicted molar refractivity (Wildman–Crippen MR) is 91.4 cm³/mol. The largest absolute Gasteiger partial charge is 0.481 e. The van der Waals surface area contributed by atoms with Crippen molar-refractivity contribution in [1.82, 2.24) is 0 Å². The van der Waals surface area contributed by atoms with Gasteiger partial charge in [-0.3, -0.25) is 14.9 Å². The number of anilines is 1. The Labute approximate surface area is 149 Å². The van der Waals surface area contributed by atoms with Gasteiger partial charge in [0.15, 0.2) is 12.4 Å². The van der Waals surface area contributed by atoms with E-state index in [0.717, 1.165) is 0 Å². The van der Waals surface area contributed by atoms with E-state index in [-0.39, 0.29) is 17.3 Å². The summed E-state index contributed by atoms with van der Waals surface area (Å²) in [7, 11) is 0. The first-order valence-corrected chi connectivity index (χ1v) is 7.73. The second-order valence-electron chi connectivity index (χ2n) is 4.34. The van der Waals surface area contributed by atoms with Crippen molar-refractivity contribution in [2.24, 2.45) is 0 Å². The van der Waals surface area contributed by atoms with Gasteiger partial charge >= 0.3 is 0 Å². The van der Waals surface area contributed by atoms with Crippen molar-refractivity contribution in [1.29, 1.82) is 0 Å². The van der Waals surface area contributed by atoms with E-state index in [4.69, 9.17) is 27.9 Å². The molecule has 0 radical (unpaired) electrons. The minimum absolute atomic E-state index is 0.0591. The molecule has 9 heteroatoms. The van der Waals surface area contributed by atoms with E-state index in [1.165, 1.54) is 30.3 Å². The summed E-state index contributed by atoms with van der Waals surface area (Å²) in [6.07, 6.45) is 0. The lowest BCUT2D eigenvalue weighted by Crippen LogP contribution is -2.20. The van der Waals surface area contributed by atoms with Crippen LogP contribution in [0.25, 0.3) is 0 Å². The Morgan fingerprint density at radius 2 is 1.91 bits per heavy atom. The zero-order chi connectivity index (χ0) is 17.0. The molecular formula is C14H9BrCl2N2O4. The summed E-state index contributed by atoms with van der Waals surface area (Å²) in [5.41, 5.74) is 0.363. The summed E-state index contributed by atoms with van der Waals surface area (Å²) < 4.78 is 5.89. The number of halogens is 3. The van der Waals surface area contributed by atoms with Crippen LogP contribution >= 0.6 is 39.1 Å². The summed E-state index contributed by atoms with van der Waals surface area (Å²) >= 11 is 15.1. The van der Waals surface area contributed by atoms with Crippen LogP contribution in [0.4, 0.5) is 11.4 Å². The fourth-order valence-electron chi connectivity index (χ4n) is 1.67. The molecule has 0 spiro atoms. The van der Waals surface area contributed by atoms with Gasteiger partial charge in [0.2, 0.25) is 0 Å². The molecule has 0 aliphatic rings. The van der Waals surface area contributed by atoms with Crippen LogP contribution in [0.1, 0.15) is 0 Å². The average molecular weight is 420 g/mol. The molecule has 0 aliphatic heterocycles. The molecule has 0 unspecified atom stereocenters. The number of nitrogens with zero attached hydrogens (tertiary/aromatic N) is 1. The van der Waals surface area contributed by atoms with E-state index in [1.54, 1.807) is 6.07 Å². The van der Waals surface area contributed by atoms with Gasteiger partial charge in [-0.15, -0.1) is 0 Å². The highest BCUT2D eigenvalue weighted by atomic mass is 79.9. The van der Waals surface area contributed by atoms with Crippen molar-refractivity contribution >= 4 is 56.4 Å². The molecule has 2 rings (SSSR count). The quantitative estimate of drug-likeness (QED) is 0.563. The Bertz CT molecular complexity index is 730. The monoisotopic (exact) mass is 418 g/mol. The third-order valence-electron chi connectivity index (χ3n) is 2.67. The molecule has 120 valence electrons. The van der Waals surface area contributed by atoms with Gasteiger partial charge in [0.25, 0.3) is 11.6 Å². The maximum Gasteiger partial charge on any atom is 0.269 e. The fraction of sp³-hybridized carbons (Fsp3) is 0.0714. The smallest absolute Gasteiger partial charge is 0.269 e. The van der Waals surface area contributed by atoms with Gasteiger partial charge < -0.3 is 10.1 Å². The Hall–Kier alpha value is -1.83. The molecule has 1 N–H and O–H groups in total. The maximum absolute atomic E-state index is 11.8. The van der Waals surface area contributed by atoms with Crippen molar-refractivity contribution in [3.8, 4) is 5.75 Å². The highest BCUT2D eigenvalue weighted by Gasteiger charge is 2.12. The number of nitro benzene ring substituents is 1. The molecule has 0 saturated heterocycles. The van der Waals surface area contributed by atoms with Gasteiger partial charge in [0.1, 0.15) is 0 Å². The molecule has 1 amide bonds. The van der Waals surface area contributed by atoms with Gasteiger partial charge in [-0.2, -0.15) is 0 Å². The molecule has 0 fully saturated rings. The van der Waals surface area contributed by atoms with E-state index >= 15 is 0 Å². The zero-order valence-electron chi connectivity index (χ0n) is 11.4. The molecule has 0 heterocycles. The Morgan fingerprint density at radius 1 is 1.26 bits per heavy atom. The fourth-order valence-corrected chi connectivity index (χ4v) is 3.04. The summed E-state index contributed by atoms with van der Waals surface area (Å²) in [6.45, 7) is -0.281. The van der Waals surface area contributed by atoms with Crippen molar-refractivity contribution in [3.63, 3.8) is 0 Å². The van der Waals surface area contributed by atoms with Gasteiger partial charge in [-0.25, -0.2) is 0 Å². The highest BCUT2D eigenvalue weighted by molar-refractivity contribution is 9.10. The third kappa shape index (κ3) is 4.82. The number of nitrogens with one attached hydrogen (secondary N) is 1. The molecular weight excluding hydrogens is 411 g/mol. The highest BCUT2D eigenvalue weighted by Crippen LogP contribution is 2.36. The number of hydrogen-bond acceptors (Lipinski definition) is 4. The Kier molecular flexibility index (Phi) is 5.81. The number of amides is 1. The van der Waals surface area contributed by atoms with Crippen LogP contribution in [-0.2, 0) is 4.79 Å². The SMILES string of the molecule is O=C(COc1c(Cl)cc(Cl)cc1Br)Nc1ccc([N+](=O)[O-])cc1. The lowest BCUT2D eigenvalue weighted by Gasteiger charge is -2.10. The van der Waals surface area contributed by atoms with Crippen LogP contribution in [0.3, 0.4) is 0 Å². The van der Waals surface area contributed by atoms with Crippen LogP contribution in [0, 0.1) is 10.1 Å². The molecule has 23 heavy (non-hydrogen) atoms. The Balaban J connectivity index is 1.96. The van der Waals surface area contributed by atoms with E-state index in [9.17, 15) is 14.9 Å². The molecule has 0 aromatic heterocycles. The normalized spacial score (nSPS) is 10.2. The minimum atomic E-state index is -0.519. The molecule has 0 atom stereocenters. The summed E-state index contributed by atoms with van der Waals surface area (Å²) in [5.74, 6) is -0.133. The van der Waals surface area contributed by atoms with E-state index in [1.807, 2.05) is 0 Å². The molecule has 0 saturated carbocycles. The molecule has 2 aromatic rings. The van der Waals surface area contributed by atoms with Crippen molar-refractivity contribution in [2.45, 2.75) is 0 Å². The van der Waals surface area contributed by atoms with Crippen LogP contribution in [-0.4, -0.2) is 17.4 Å². The van der Waals surface area contributed by atoms with Gasteiger partial charge in [-0.05, 0) is 40.2 Å². The standard InChI is InChI=1S/C14H9BrCl2N2O4/c15-11-5-8(16)6-12(17)14(11)23-7-13(20)18-9-1-3-10(4-2-9)19(21)22/h1-6H,7H2,(H,18,20). The average Bonchev–Trinajstić information content (AvgIpc) is 2.46. The number of hydrogen-bond donors (Lipinski definition) is 1. The first-order chi connectivity index (χ1) is 10.9. The second-order valence-corrected chi connectivity index (χ2v) is 6.04. The van der Waals surface area contributed by atoms with Crippen LogP contribution in [0.5, 0.6) is 5.75 Å². The second kappa shape index (κ2) is 7.63. The molecule has 0 bridgehead atoms. The lowest BCUT2D eigenvalue weighted by molar-refractivity contribution is -0.384. The van der Waals surface area contributed by atoms with Crippen molar-refractivity contribution < 1.29 is 14.5 Å². The molecule has 2 aromatic carbocycles. The minimum Gasteiger partial charge on any atom is -0.481 e. The number of nitro groups is 1. The number of benzene rings is 2. The van der Waals surface area contributed by atoms with Crippen LogP contribution in [0.15, 0.2) is 40.9 Å². The van der Waals surface area contributed by atoms with Crippen LogP contribution in [0.2, 0.25) is 10.0 Å². The first-order valence-electron chi connectivity index (χ1n) is 6.18. The van der Waals surface area contributed by atoms with Gasteiger partial charge in [-0.1, -0.05) is 23.2 Å². The topological polar surface area (TPSA) is 81.5 Å². The Morgan fingerprint density at radius 3 is 2.48 bits per heavy atom. The van der Waals surface area contributed by atoms with Gasteiger partial charge in [0, 0.05) is 22.8 Å². The van der Waals surface area contributed by atoms with Gasteiger partial charge in [0.05, 0.1) is 14.4 Å². The van der Waals surface area contributed by atoms with Crippen molar-refractivity contribution in [2.75, 3.05) is 11.9 Å². The molecule has 0 aliphatic carbocycles. The number of non-ortho nitro benzene ring substituents is 1. The van der Waals surface area contributed by atoms with E-state index < -0.39 is 10.8 Å². The number of carbonyl (C=O) groups is 1. The number of rotatable bonds is 5. The third-order valence-corrected chi connectivity index (χ3v) is 3.76. The summed E-state index contributed by atoms with van der Waals surface area (Å²) in [5, 5.41) is 13.8. The summed E-state index contributed by atoms with van der Waals surface area (Å²) in [6, 6.07) is 8.54. The lowest BCUT2D eigenvalue weighted by atomic mass is 10.3. The predicted octanol–water partition coefficient (Wildman–Crippen LogP) is 4.68. The number of ether oxygens (including phenoxy) is 1. The van der Waals surface area contributed by atoms with E-state index in [2.05, 4.69) is 21.2 Å². The van der Waals surface area contributed by atoms with Crippen LogP contribution < -0.4 is 10.1 Å². The van der Waals surface area contributed by atoms with E-state index in [0.29, 0.717) is 20.9 Å². The number of carbonyl (C=O) groups excluding carboxylic acids is 1. The maximum atomic E-state index is 11.8. The zero-order valence-corrected chi connectivity index (χ0v) is 14.5.